The van der Waals surface area contributed by atoms with Gasteiger partial charge < -0.3 is 16.0 Å². The maximum atomic E-state index is 12.8. The van der Waals surface area contributed by atoms with Crippen LogP contribution in [0.25, 0.3) is 16.9 Å². The average molecular weight is 457 g/mol. The zero-order chi connectivity index (χ0) is 22.9. The molecule has 4 aromatic rings. The highest BCUT2D eigenvalue weighted by Crippen LogP contribution is 2.29. The van der Waals surface area contributed by atoms with Gasteiger partial charge in [0.15, 0.2) is 5.65 Å². The summed E-state index contributed by atoms with van der Waals surface area (Å²) in [7, 11) is 6.12. The van der Waals surface area contributed by atoms with Gasteiger partial charge in [-0.15, -0.1) is 0 Å². The fourth-order valence-electron chi connectivity index (χ4n) is 4.13. The van der Waals surface area contributed by atoms with Crippen LogP contribution in [0.15, 0.2) is 60.8 Å². The van der Waals surface area contributed by atoms with E-state index in [4.69, 9.17) is 25.2 Å². The van der Waals surface area contributed by atoms with E-state index in [0.29, 0.717) is 40.5 Å². The molecular weight excluding hydrogens is 435 g/mol. The number of rotatable bonds is 4. The molecule has 3 N–H and O–H groups in total. The molecule has 5 rings (SSSR count). The van der Waals surface area contributed by atoms with E-state index >= 15 is 0 Å². The Morgan fingerprint density at radius 1 is 1.12 bits per heavy atom. The van der Waals surface area contributed by atoms with Crippen molar-refractivity contribution < 1.29 is 4.79 Å². The van der Waals surface area contributed by atoms with Crippen molar-refractivity contribution in [1.82, 2.24) is 19.5 Å². The summed E-state index contributed by atoms with van der Waals surface area (Å²) in [5.74, 6) is 0.815. The second-order valence-corrected chi connectivity index (χ2v) is 8.58. The summed E-state index contributed by atoms with van der Waals surface area (Å²) >= 11 is 6.41. The molecule has 3 heterocycles. The normalized spacial score (nSPS) is 14.5. The number of likely N-dealkylation sites (tertiary alicyclic amines) is 1. The van der Waals surface area contributed by atoms with E-state index in [2.05, 4.69) is 15.4 Å². The summed E-state index contributed by atoms with van der Waals surface area (Å²) in [5.41, 5.74) is 9.66. The molecule has 0 atom stereocenters. The first-order valence-electron chi connectivity index (χ1n) is 10.8. The standard InChI is InChI=1S/C24H22BClN6O/c25-19-14-28-32-22(13-21(30-23(19)32)18-3-1-2-4-20(18)26)29-17-9-11-31(12-10-17)24(33)15-5-7-16(27)8-6-15/h1-8,13-14,17,29H,9-12,27H2. The molecule has 0 unspecified atom stereocenters. The second kappa shape index (κ2) is 8.79. The summed E-state index contributed by atoms with van der Waals surface area (Å²) in [4.78, 5) is 19.4. The third kappa shape index (κ3) is 4.26. The number of halogens is 1. The first-order valence-corrected chi connectivity index (χ1v) is 11.2. The van der Waals surface area contributed by atoms with Crippen LogP contribution in [0.5, 0.6) is 0 Å². The number of piperidine rings is 1. The van der Waals surface area contributed by atoms with Crippen LogP contribution in [0, 0.1) is 0 Å². The Kier molecular flexibility index (Phi) is 5.68. The third-order valence-electron chi connectivity index (χ3n) is 5.94. The van der Waals surface area contributed by atoms with E-state index in [1.54, 1.807) is 35.0 Å². The van der Waals surface area contributed by atoms with Gasteiger partial charge in [-0.2, -0.15) is 9.61 Å². The molecule has 0 aliphatic carbocycles. The van der Waals surface area contributed by atoms with Crippen LogP contribution in [0.2, 0.25) is 5.02 Å². The molecule has 0 saturated carbocycles. The highest BCUT2D eigenvalue weighted by Gasteiger charge is 2.24. The molecule has 2 radical (unpaired) electrons. The summed E-state index contributed by atoms with van der Waals surface area (Å²) < 4.78 is 1.71. The molecule has 9 heteroatoms. The zero-order valence-electron chi connectivity index (χ0n) is 17.9. The van der Waals surface area contributed by atoms with E-state index in [1.807, 2.05) is 35.2 Å². The van der Waals surface area contributed by atoms with Gasteiger partial charge in [0.05, 0.1) is 5.69 Å². The summed E-state index contributed by atoms with van der Waals surface area (Å²) in [5, 5.41) is 8.59. The van der Waals surface area contributed by atoms with E-state index in [1.165, 1.54) is 0 Å². The van der Waals surface area contributed by atoms with Gasteiger partial charge in [0, 0.05) is 53.2 Å². The molecular formula is C24H22BClN6O. The van der Waals surface area contributed by atoms with E-state index < -0.39 is 0 Å². The summed E-state index contributed by atoms with van der Waals surface area (Å²) in [6.45, 7) is 1.32. The van der Waals surface area contributed by atoms with Crippen molar-refractivity contribution in [3.8, 4) is 11.3 Å². The van der Waals surface area contributed by atoms with Crippen LogP contribution in [0.1, 0.15) is 23.2 Å². The number of hydrogen-bond acceptors (Lipinski definition) is 5. The van der Waals surface area contributed by atoms with Gasteiger partial charge in [0.25, 0.3) is 5.91 Å². The number of benzene rings is 2. The topological polar surface area (TPSA) is 88.5 Å². The lowest BCUT2D eigenvalue weighted by atomic mass is 10.0. The second-order valence-electron chi connectivity index (χ2n) is 8.17. The molecule has 1 saturated heterocycles. The molecule has 0 bridgehead atoms. The number of amides is 1. The molecule has 1 amide bonds. The SMILES string of the molecule is [B]c1cnn2c(NC3CCN(C(=O)c4ccc(N)cc4)CC3)cc(-c3ccccc3Cl)nc12. The van der Waals surface area contributed by atoms with Crippen LogP contribution in [-0.2, 0) is 0 Å². The number of carbonyl (C=O) groups excluding carboxylic acids is 1. The quantitative estimate of drug-likeness (QED) is 0.364. The van der Waals surface area contributed by atoms with Crippen LogP contribution in [0.3, 0.4) is 0 Å². The van der Waals surface area contributed by atoms with Crippen molar-refractivity contribution in [1.29, 1.82) is 0 Å². The Labute approximate surface area is 198 Å². The largest absolute Gasteiger partial charge is 0.399 e. The van der Waals surface area contributed by atoms with Gasteiger partial charge in [-0.05, 0) is 48.6 Å². The molecule has 2 aromatic carbocycles. The number of anilines is 2. The summed E-state index contributed by atoms with van der Waals surface area (Å²) in [6.07, 6.45) is 3.21. The lowest BCUT2D eigenvalue weighted by Gasteiger charge is -2.33. The number of nitrogens with zero attached hydrogens (tertiary/aromatic N) is 4. The molecule has 164 valence electrons. The van der Waals surface area contributed by atoms with Gasteiger partial charge in [-0.1, -0.05) is 29.8 Å². The van der Waals surface area contributed by atoms with Crippen molar-refractivity contribution >= 4 is 48.0 Å². The number of hydrogen-bond donors (Lipinski definition) is 2. The number of fused-ring (bicyclic) bond motifs is 1. The van der Waals surface area contributed by atoms with Gasteiger partial charge in [-0.3, -0.25) is 4.79 Å². The van der Waals surface area contributed by atoms with Crippen molar-refractivity contribution in [2.75, 3.05) is 24.1 Å². The number of nitrogens with one attached hydrogen (secondary N) is 1. The van der Waals surface area contributed by atoms with Crippen molar-refractivity contribution in [2.24, 2.45) is 0 Å². The minimum Gasteiger partial charge on any atom is -0.399 e. The number of nitrogens with two attached hydrogens (primary N) is 1. The minimum absolute atomic E-state index is 0.0283. The first-order chi connectivity index (χ1) is 16.0. The lowest BCUT2D eigenvalue weighted by Crippen LogP contribution is -2.42. The van der Waals surface area contributed by atoms with Crippen molar-refractivity contribution in [2.45, 2.75) is 18.9 Å². The maximum absolute atomic E-state index is 12.8. The fraction of sp³-hybridized carbons (Fsp3) is 0.208. The van der Waals surface area contributed by atoms with Crippen LogP contribution in [-0.4, -0.2) is 52.4 Å². The monoisotopic (exact) mass is 456 g/mol. The van der Waals surface area contributed by atoms with Gasteiger partial charge in [0.2, 0.25) is 0 Å². The Morgan fingerprint density at radius 3 is 2.58 bits per heavy atom. The van der Waals surface area contributed by atoms with Crippen LogP contribution >= 0.6 is 11.6 Å². The average Bonchev–Trinajstić information content (AvgIpc) is 3.21. The van der Waals surface area contributed by atoms with Crippen molar-refractivity contribution in [3.05, 3.63) is 71.4 Å². The fourth-order valence-corrected chi connectivity index (χ4v) is 4.37. The highest BCUT2D eigenvalue weighted by molar-refractivity contribution is 6.36. The Bertz CT molecular complexity index is 1310. The maximum Gasteiger partial charge on any atom is 0.253 e. The Hall–Kier alpha value is -3.52. The molecule has 7 nitrogen and oxygen atoms in total. The smallest absolute Gasteiger partial charge is 0.253 e. The van der Waals surface area contributed by atoms with Gasteiger partial charge in [0.1, 0.15) is 13.7 Å². The highest BCUT2D eigenvalue weighted by atomic mass is 35.5. The number of aromatic nitrogens is 3. The van der Waals surface area contributed by atoms with Crippen molar-refractivity contribution in [3.63, 3.8) is 0 Å². The van der Waals surface area contributed by atoms with Gasteiger partial charge in [-0.25, -0.2) is 4.98 Å². The predicted molar refractivity (Wildman–Crippen MR) is 132 cm³/mol. The molecule has 33 heavy (non-hydrogen) atoms. The molecule has 1 aliphatic rings. The van der Waals surface area contributed by atoms with E-state index in [-0.39, 0.29) is 11.9 Å². The molecule has 2 aromatic heterocycles. The third-order valence-corrected chi connectivity index (χ3v) is 6.27. The molecule has 0 spiro atoms. The predicted octanol–water partition coefficient (Wildman–Crippen LogP) is 3.14. The van der Waals surface area contributed by atoms with E-state index in [0.717, 1.165) is 29.9 Å². The number of carbonyl (C=O) groups is 1. The Morgan fingerprint density at radius 2 is 1.85 bits per heavy atom. The van der Waals surface area contributed by atoms with Crippen LogP contribution in [0.4, 0.5) is 11.5 Å². The molecule has 1 fully saturated rings. The number of nitrogen functional groups attached to an aromatic ring is 1. The van der Waals surface area contributed by atoms with Crippen LogP contribution < -0.4 is 16.5 Å². The van der Waals surface area contributed by atoms with Gasteiger partial charge >= 0.3 is 0 Å². The molecule has 1 aliphatic heterocycles. The van der Waals surface area contributed by atoms with E-state index in [9.17, 15) is 4.79 Å². The first kappa shape index (κ1) is 21.3. The lowest BCUT2D eigenvalue weighted by molar-refractivity contribution is 0.0718. The minimum atomic E-state index is 0.0283. The summed E-state index contributed by atoms with van der Waals surface area (Å²) in [6, 6.07) is 16.7. The zero-order valence-corrected chi connectivity index (χ0v) is 18.7. The Balaban J connectivity index is 1.35.